The average Bonchev–Trinajstić information content (AvgIpc) is 3.05. The van der Waals surface area contributed by atoms with Crippen molar-refractivity contribution in [3.05, 3.63) is 82.7 Å². The highest BCUT2D eigenvalue weighted by molar-refractivity contribution is 7.99. The van der Waals surface area contributed by atoms with Crippen molar-refractivity contribution < 1.29 is 27.5 Å². The van der Waals surface area contributed by atoms with Crippen LogP contribution in [0.5, 0.6) is 0 Å². The first-order chi connectivity index (χ1) is 15.6. The predicted octanol–water partition coefficient (Wildman–Crippen LogP) is 5.73. The fourth-order valence-electron chi connectivity index (χ4n) is 3.28. The number of rotatable bonds is 7. The zero-order valence-electron chi connectivity index (χ0n) is 17.8. The number of aryl methyl sites for hydroxylation is 1. The molecule has 0 atom stereocenters. The zero-order valence-corrected chi connectivity index (χ0v) is 18.6. The van der Waals surface area contributed by atoms with Gasteiger partial charge in [0.25, 0.3) is 0 Å². The van der Waals surface area contributed by atoms with Gasteiger partial charge in [0.1, 0.15) is 12.6 Å². The highest BCUT2D eigenvalue weighted by atomic mass is 32.2. The monoisotopic (exact) mass is 472 g/mol. The lowest BCUT2D eigenvalue weighted by molar-refractivity contribution is -0.141. The number of carbonyl (C=O) groups is 2. The number of esters is 1. The lowest BCUT2D eigenvalue weighted by atomic mass is 10.1. The third kappa shape index (κ3) is 5.84. The fourth-order valence-corrected chi connectivity index (χ4v) is 4.30. The lowest BCUT2D eigenvalue weighted by Gasteiger charge is -2.12. The Labute approximate surface area is 192 Å². The molecule has 3 aromatic rings. The third-order valence-electron chi connectivity index (χ3n) is 4.88. The van der Waals surface area contributed by atoms with Crippen molar-refractivity contribution in [3.63, 3.8) is 0 Å². The molecule has 0 unspecified atom stereocenters. The minimum absolute atomic E-state index is 0.0788. The summed E-state index contributed by atoms with van der Waals surface area (Å²) in [6, 6.07) is 17.0. The van der Waals surface area contributed by atoms with Crippen LogP contribution in [0.2, 0.25) is 0 Å². The first kappa shape index (κ1) is 24.1. The summed E-state index contributed by atoms with van der Waals surface area (Å²) >= 11 is 1.22. The second kappa shape index (κ2) is 9.96. The van der Waals surface area contributed by atoms with Gasteiger partial charge in [0.2, 0.25) is 5.78 Å². The van der Waals surface area contributed by atoms with E-state index in [1.807, 2.05) is 0 Å². The summed E-state index contributed by atoms with van der Waals surface area (Å²) in [6.45, 7) is 1.09. The average molecular weight is 472 g/mol. The molecule has 0 fully saturated rings. The zero-order chi connectivity index (χ0) is 24.2. The van der Waals surface area contributed by atoms with Crippen LogP contribution in [0.4, 0.5) is 13.2 Å². The summed E-state index contributed by atoms with van der Waals surface area (Å²) in [7, 11) is 0. The van der Waals surface area contributed by atoms with E-state index in [2.05, 4.69) is 6.07 Å². The molecule has 3 rings (SSSR count). The number of benzene rings is 2. The Balaban J connectivity index is 1.74. The molecule has 0 saturated carbocycles. The van der Waals surface area contributed by atoms with Gasteiger partial charge in [0.15, 0.2) is 6.61 Å². The molecular weight excluding hydrogens is 453 g/mol. The van der Waals surface area contributed by atoms with E-state index in [9.17, 15) is 28.0 Å². The van der Waals surface area contributed by atoms with Gasteiger partial charge < -0.3 is 9.30 Å². The van der Waals surface area contributed by atoms with E-state index >= 15 is 0 Å². The van der Waals surface area contributed by atoms with Gasteiger partial charge >= 0.3 is 12.1 Å². The molecule has 33 heavy (non-hydrogen) atoms. The summed E-state index contributed by atoms with van der Waals surface area (Å²) in [5.41, 5.74) is 1.20. The van der Waals surface area contributed by atoms with Gasteiger partial charge in [-0.3, -0.25) is 4.79 Å². The number of nitrogens with zero attached hydrogens (tertiary/aromatic N) is 2. The summed E-state index contributed by atoms with van der Waals surface area (Å²) < 4.78 is 44.6. The van der Waals surface area contributed by atoms with E-state index in [-0.39, 0.29) is 22.5 Å². The quantitative estimate of drug-likeness (QED) is 0.324. The standard InChI is InChI=1S/C24H19F3N2O3S/c1-15-11-19(16(2)29(15)14-24(25,26)27)20(30)13-32-23(31)18-8-4-6-10-22(18)33-21-9-5-3-7-17(21)12-28/h3-11H,13-14H2,1-2H3. The number of carbonyl (C=O) groups excluding carboxylic acids is 2. The van der Waals surface area contributed by atoms with Crippen LogP contribution in [-0.2, 0) is 11.3 Å². The predicted molar refractivity (Wildman–Crippen MR) is 116 cm³/mol. The number of halogens is 3. The fraction of sp³-hybridized carbons (Fsp3) is 0.208. The smallest absolute Gasteiger partial charge is 0.406 e. The molecule has 2 aromatic carbocycles. The number of ketones is 1. The number of aromatic nitrogens is 1. The topological polar surface area (TPSA) is 72.1 Å². The molecule has 0 saturated heterocycles. The van der Waals surface area contributed by atoms with Gasteiger partial charge in [0, 0.05) is 26.7 Å². The van der Waals surface area contributed by atoms with Gasteiger partial charge in [-0.05, 0) is 44.2 Å². The molecular formula is C24H19F3N2O3S. The number of ether oxygens (including phenoxy) is 1. The molecule has 0 aliphatic rings. The van der Waals surface area contributed by atoms with Crippen molar-refractivity contribution >= 4 is 23.5 Å². The summed E-state index contributed by atoms with van der Waals surface area (Å²) in [5.74, 6) is -1.34. The Morgan fingerprint density at radius 1 is 1.03 bits per heavy atom. The third-order valence-corrected chi connectivity index (χ3v) is 6.03. The van der Waals surface area contributed by atoms with E-state index in [4.69, 9.17) is 4.74 Å². The van der Waals surface area contributed by atoms with E-state index < -0.39 is 31.1 Å². The van der Waals surface area contributed by atoms with E-state index in [1.54, 1.807) is 48.5 Å². The van der Waals surface area contributed by atoms with Gasteiger partial charge in [-0.2, -0.15) is 18.4 Å². The molecule has 0 aliphatic carbocycles. The molecule has 0 radical (unpaired) electrons. The van der Waals surface area contributed by atoms with Gasteiger partial charge in [-0.1, -0.05) is 36.0 Å². The van der Waals surface area contributed by atoms with Gasteiger partial charge in [-0.25, -0.2) is 4.79 Å². The number of Topliss-reactive ketones (excluding diaryl/α,β-unsaturated/α-hetero) is 1. The molecule has 9 heteroatoms. The second-order valence-corrected chi connectivity index (χ2v) is 8.28. The maximum Gasteiger partial charge on any atom is 0.406 e. The van der Waals surface area contributed by atoms with Crippen molar-refractivity contribution in [1.29, 1.82) is 5.26 Å². The number of nitriles is 1. The van der Waals surface area contributed by atoms with Crippen molar-refractivity contribution in [3.8, 4) is 6.07 Å². The Bertz CT molecular complexity index is 1240. The first-order valence-electron chi connectivity index (χ1n) is 9.80. The van der Waals surface area contributed by atoms with E-state index in [1.165, 1.54) is 31.7 Å². The molecule has 1 heterocycles. The molecule has 0 aliphatic heterocycles. The molecule has 0 spiro atoms. The van der Waals surface area contributed by atoms with Crippen LogP contribution in [0, 0.1) is 25.2 Å². The van der Waals surface area contributed by atoms with Crippen LogP contribution in [0.1, 0.15) is 37.7 Å². The van der Waals surface area contributed by atoms with Crippen LogP contribution >= 0.6 is 11.8 Å². The Morgan fingerprint density at radius 3 is 2.33 bits per heavy atom. The Kier molecular flexibility index (Phi) is 7.29. The molecule has 0 N–H and O–H groups in total. The van der Waals surface area contributed by atoms with Crippen LogP contribution in [0.15, 0.2) is 64.4 Å². The maximum atomic E-state index is 12.8. The van der Waals surface area contributed by atoms with Crippen LogP contribution < -0.4 is 0 Å². The van der Waals surface area contributed by atoms with Gasteiger partial charge in [0.05, 0.1) is 11.1 Å². The Morgan fingerprint density at radius 2 is 1.67 bits per heavy atom. The second-order valence-electron chi connectivity index (χ2n) is 7.19. The van der Waals surface area contributed by atoms with Crippen LogP contribution in [-0.4, -0.2) is 29.1 Å². The maximum absolute atomic E-state index is 12.8. The number of alkyl halides is 3. The minimum atomic E-state index is -4.42. The lowest BCUT2D eigenvalue weighted by Crippen LogP contribution is -2.20. The Hall–Kier alpha value is -3.51. The summed E-state index contributed by atoms with van der Waals surface area (Å²) in [5, 5.41) is 9.28. The van der Waals surface area contributed by atoms with E-state index in [0.717, 1.165) is 4.57 Å². The molecule has 170 valence electrons. The first-order valence-corrected chi connectivity index (χ1v) is 10.6. The van der Waals surface area contributed by atoms with Crippen LogP contribution in [0.25, 0.3) is 0 Å². The summed E-state index contributed by atoms with van der Waals surface area (Å²) in [4.78, 5) is 26.5. The molecule has 0 bridgehead atoms. The number of hydrogen-bond acceptors (Lipinski definition) is 5. The minimum Gasteiger partial charge on any atom is -0.454 e. The van der Waals surface area contributed by atoms with Crippen molar-refractivity contribution in [2.75, 3.05) is 6.61 Å². The molecule has 1 aromatic heterocycles. The van der Waals surface area contributed by atoms with Gasteiger partial charge in [-0.15, -0.1) is 0 Å². The van der Waals surface area contributed by atoms with Crippen molar-refractivity contribution in [1.82, 2.24) is 4.57 Å². The van der Waals surface area contributed by atoms with Crippen LogP contribution in [0.3, 0.4) is 0 Å². The summed E-state index contributed by atoms with van der Waals surface area (Å²) in [6.07, 6.45) is -4.42. The molecule has 5 nitrogen and oxygen atoms in total. The highest BCUT2D eigenvalue weighted by Gasteiger charge is 2.30. The van der Waals surface area contributed by atoms with E-state index in [0.29, 0.717) is 15.4 Å². The highest BCUT2D eigenvalue weighted by Crippen LogP contribution is 2.33. The molecule has 0 amide bonds. The largest absolute Gasteiger partial charge is 0.454 e. The number of hydrogen-bond donors (Lipinski definition) is 0. The van der Waals surface area contributed by atoms with Crippen molar-refractivity contribution in [2.24, 2.45) is 0 Å². The van der Waals surface area contributed by atoms with Crippen molar-refractivity contribution in [2.45, 2.75) is 36.4 Å². The normalized spacial score (nSPS) is 11.2. The SMILES string of the molecule is Cc1cc(C(=O)COC(=O)c2ccccc2Sc2ccccc2C#N)c(C)n1CC(F)(F)F.